The van der Waals surface area contributed by atoms with E-state index < -0.39 is 0 Å². The lowest BCUT2D eigenvalue weighted by molar-refractivity contribution is 0.272. The number of hydrogen-bond donors (Lipinski definition) is 0. The molecule has 0 amide bonds. The lowest BCUT2D eigenvalue weighted by atomic mass is 10.4. The number of ether oxygens (including phenoxy) is 1. The van der Waals surface area contributed by atoms with Crippen molar-refractivity contribution in [2.75, 3.05) is 6.61 Å². The molecule has 0 spiro atoms. The Hall–Kier alpha value is -0.400. The molecular weight excluding hydrogens is 396 g/mol. The van der Waals surface area contributed by atoms with Crippen molar-refractivity contribution in [2.45, 2.75) is 33.2 Å². The van der Waals surface area contributed by atoms with Crippen LogP contribution in [0.1, 0.15) is 26.7 Å². The van der Waals surface area contributed by atoms with Crippen molar-refractivity contribution in [1.29, 1.82) is 0 Å². The fourth-order valence-electron chi connectivity index (χ4n) is 1.71. The Morgan fingerprint density at radius 3 is 2.68 bits per heavy atom. The van der Waals surface area contributed by atoms with Crippen molar-refractivity contribution in [3.63, 3.8) is 0 Å². The van der Waals surface area contributed by atoms with Gasteiger partial charge in [-0.05, 0) is 44.7 Å². The van der Waals surface area contributed by atoms with Crippen molar-refractivity contribution in [2.24, 2.45) is 0 Å². The summed E-state index contributed by atoms with van der Waals surface area (Å²) in [6, 6.07) is 0.409. The summed E-state index contributed by atoms with van der Waals surface area (Å²) in [6.07, 6.45) is 1.75. The molecule has 19 heavy (non-hydrogen) atoms. The van der Waals surface area contributed by atoms with E-state index in [-0.39, 0.29) is 5.56 Å². The van der Waals surface area contributed by atoms with E-state index in [4.69, 9.17) is 4.74 Å². The first-order valence-electron chi connectivity index (χ1n) is 6.11. The summed E-state index contributed by atoms with van der Waals surface area (Å²) in [5.74, 6) is 0. The monoisotopic (exact) mass is 408 g/mol. The number of halogens is 2. The Bertz CT molecular complexity index is 651. The van der Waals surface area contributed by atoms with Crippen molar-refractivity contribution < 1.29 is 4.74 Å². The van der Waals surface area contributed by atoms with E-state index in [1.54, 1.807) is 4.57 Å². The van der Waals surface area contributed by atoms with Crippen LogP contribution in [0.4, 0.5) is 0 Å². The van der Waals surface area contributed by atoms with Crippen LogP contribution >= 0.6 is 43.2 Å². The summed E-state index contributed by atoms with van der Waals surface area (Å²) in [6.45, 7) is 5.23. The molecule has 104 valence electrons. The maximum absolute atomic E-state index is 12.5. The van der Waals surface area contributed by atoms with Crippen LogP contribution in [0.15, 0.2) is 13.1 Å². The summed E-state index contributed by atoms with van der Waals surface area (Å²) < 4.78 is 9.57. The van der Waals surface area contributed by atoms with Crippen molar-refractivity contribution in [1.82, 2.24) is 9.55 Å². The highest BCUT2D eigenvalue weighted by Crippen LogP contribution is 2.37. The van der Waals surface area contributed by atoms with Crippen molar-refractivity contribution in [3.8, 4) is 6.01 Å². The van der Waals surface area contributed by atoms with Gasteiger partial charge in [0, 0.05) is 6.54 Å². The van der Waals surface area contributed by atoms with Crippen LogP contribution in [0, 0.1) is 0 Å². The standard InChI is InChI=1S/C12H14Br2N2O2S/c1-3-5-16-11(17)9-8(7(13)10(14)19-9)15-12(16)18-6-4-2/h3-6H2,1-2H3. The van der Waals surface area contributed by atoms with Crippen LogP contribution < -0.4 is 10.3 Å². The van der Waals surface area contributed by atoms with Gasteiger partial charge in [0.25, 0.3) is 11.6 Å². The maximum atomic E-state index is 12.5. The van der Waals surface area contributed by atoms with Crippen LogP contribution in [-0.4, -0.2) is 16.2 Å². The number of hydrogen-bond acceptors (Lipinski definition) is 4. The Balaban J connectivity index is 2.66. The lowest BCUT2D eigenvalue weighted by Crippen LogP contribution is -2.23. The summed E-state index contributed by atoms with van der Waals surface area (Å²) in [4.78, 5) is 17.0. The van der Waals surface area contributed by atoms with Gasteiger partial charge in [-0.15, -0.1) is 11.3 Å². The van der Waals surface area contributed by atoms with E-state index in [2.05, 4.69) is 36.8 Å². The topological polar surface area (TPSA) is 44.1 Å². The average molecular weight is 410 g/mol. The summed E-state index contributed by atoms with van der Waals surface area (Å²) in [7, 11) is 0. The number of fused-ring (bicyclic) bond motifs is 1. The third-order valence-electron chi connectivity index (χ3n) is 2.55. The van der Waals surface area contributed by atoms with E-state index >= 15 is 0 Å². The molecule has 0 aliphatic carbocycles. The second-order valence-electron chi connectivity index (χ2n) is 4.07. The van der Waals surface area contributed by atoms with E-state index in [9.17, 15) is 4.79 Å². The first-order chi connectivity index (χ1) is 9.10. The Labute approximate surface area is 132 Å². The highest BCUT2D eigenvalue weighted by Gasteiger charge is 2.17. The largest absolute Gasteiger partial charge is 0.465 e. The molecule has 2 aromatic rings. The van der Waals surface area contributed by atoms with Gasteiger partial charge < -0.3 is 4.74 Å². The van der Waals surface area contributed by atoms with E-state index in [0.717, 1.165) is 21.1 Å². The van der Waals surface area contributed by atoms with Gasteiger partial charge in [0.2, 0.25) is 0 Å². The van der Waals surface area contributed by atoms with Crippen molar-refractivity contribution >= 4 is 53.4 Å². The molecule has 0 fully saturated rings. The minimum absolute atomic E-state index is 0.0330. The number of nitrogens with zero attached hydrogens (tertiary/aromatic N) is 2. The molecule has 2 aromatic heterocycles. The van der Waals surface area contributed by atoms with Gasteiger partial charge in [-0.1, -0.05) is 13.8 Å². The predicted molar refractivity (Wildman–Crippen MR) is 85.4 cm³/mol. The minimum Gasteiger partial charge on any atom is -0.465 e. The molecule has 0 saturated heterocycles. The lowest BCUT2D eigenvalue weighted by Gasteiger charge is -2.11. The van der Waals surface area contributed by atoms with Gasteiger partial charge in [0.05, 0.1) is 14.9 Å². The molecule has 2 rings (SSSR count). The Morgan fingerprint density at radius 2 is 2.05 bits per heavy atom. The molecule has 4 nitrogen and oxygen atoms in total. The fourth-order valence-corrected chi connectivity index (χ4v) is 3.85. The molecule has 0 radical (unpaired) electrons. The molecule has 0 atom stereocenters. The number of aromatic nitrogens is 2. The van der Waals surface area contributed by atoms with Gasteiger partial charge in [0.1, 0.15) is 10.2 Å². The maximum Gasteiger partial charge on any atom is 0.299 e. The van der Waals surface area contributed by atoms with Crippen LogP contribution in [0.5, 0.6) is 6.01 Å². The quantitative estimate of drug-likeness (QED) is 0.743. The molecule has 7 heteroatoms. The highest BCUT2D eigenvalue weighted by atomic mass is 79.9. The van der Waals surface area contributed by atoms with E-state index in [1.807, 2.05) is 13.8 Å². The summed E-state index contributed by atoms with van der Waals surface area (Å²) in [5, 5.41) is 0. The Morgan fingerprint density at radius 1 is 1.32 bits per heavy atom. The molecule has 0 N–H and O–H groups in total. The number of thiophene rings is 1. The van der Waals surface area contributed by atoms with Gasteiger partial charge in [-0.2, -0.15) is 4.98 Å². The molecule has 0 aromatic carbocycles. The molecular formula is C12H14Br2N2O2S. The first-order valence-corrected chi connectivity index (χ1v) is 8.51. The zero-order valence-corrected chi connectivity index (χ0v) is 14.7. The van der Waals surface area contributed by atoms with E-state index in [1.165, 1.54) is 11.3 Å². The summed E-state index contributed by atoms with van der Waals surface area (Å²) in [5.41, 5.74) is 0.634. The Kier molecular flexibility index (Phi) is 5.03. The van der Waals surface area contributed by atoms with Crippen LogP contribution in [0.2, 0.25) is 0 Å². The molecule has 0 unspecified atom stereocenters. The zero-order chi connectivity index (χ0) is 14.0. The van der Waals surface area contributed by atoms with Gasteiger partial charge >= 0.3 is 0 Å². The SMILES string of the molecule is CCCOc1nc2c(Br)c(Br)sc2c(=O)n1CCC. The molecule has 0 saturated carbocycles. The second kappa shape index (κ2) is 6.37. The molecule has 0 aliphatic heterocycles. The fraction of sp³-hybridized carbons (Fsp3) is 0.500. The third-order valence-corrected chi connectivity index (χ3v) is 5.95. The smallest absolute Gasteiger partial charge is 0.299 e. The predicted octanol–water partition coefficient (Wildman–Crippen LogP) is 4.18. The number of rotatable bonds is 5. The van der Waals surface area contributed by atoms with Crippen molar-refractivity contribution in [3.05, 3.63) is 18.6 Å². The average Bonchev–Trinajstić information content (AvgIpc) is 2.68. The first kappa shape index (κ1) is 15.0. The highest BCUT2D eigenvalue weighted by molar-refractivity contribution is 9.13. The molecule has 0 bridgehead atoms. The third kappa shape index (κ3) is 2.87. The van der Waals surface area contributed by atoms with Gasteiger partial charge in [-0.3, -0.25) is 9.36 Å². The van der Waals surface area contributed by atoms with E-state index in [0.29, 0.717) is 29.4 Å². The summed E-state index contributed by atoms with van der Waals surface area (Å²) >= 11 is 8.27. The minimum atomic E-state index is -0.0330. The van der Waals surface area contributed by atoms with Gasteiger partial charge in [0.15, 0.2) is 0 Å². The van der Waals surface area contributed by atoms with Crippen LogP contribution in [-0.2, 0) is 6.54 Å². The molecule has 0 aliphatic rings. The molecule has 2 heterocycles. The van der Waals surface area contributed by atoms with Crippen LogP contribution in [0.25, 0.3) is 10.2 Å². The normalized spacial score (nSPS) is 11.2. The second-order valence-corrected chi connectivity index (χ2v) is 7.20. The van der Waals surface area contributed by atoms with Crippen LogP contribution in [0.3, 0.4) is 0 Å². The zero-order valence-electron chi connectivity index (χ0n) is 10.7. The van der Waals surface area contributed by atoms with Gasteiger partial charge in [-0.25, -0.2) is 0 Å².